The van der Waals surface area contributed by atoms with Crippen LogP contribution in [-0.4, -0.2) is 24.6 Å². The highest BCUT2D eigenvalue weighted by Gasteiger charge is 2.17. The molecule has 0 aromatic carbocycles. The van der Waals surface area contributed by atoms with Gasteiger partial charge in [0, 0.05) is 6.42 Å². The van der Waals surface area contributed by atoms with Crippen LogP contribution in [0.4, 0.5) is 0 Å². The summed E-state index contributed by atoms with van der Waals surface area (Å²) in [6.45, 7) is 6.48. The average molecular weight is 300 g/mol. The van der Waals surface area contributed by atoms with Crippen molar-refractivity contribution in [1.29, 1.82) is 0 Å². The average Bonchev–Trinajstić information content (AvgIpc) is 2.47. The summed E-state index contributed by atoms with van der Waals surface area (Å²) in [5.74, 6) is -0.475. The number of ether oxygens (including phenoxy) is 2. The molecule has 4 heteroatoms. The number of hydrogen-bond acceptors (Lipinski definition) is 4. The molecule has 1 atom stereocenters. The minimum atomic E-state index is -0.345. The predicted octanol–water partition coefficient (Wildman–Crippen LogP) is 4.40. The Kier molecular flexibility index (Phi) is 13.2. The van der Waals surface area contributed by atoms with Crippen LogP contribution in [0.1, 0.15) is 85.0 Å². The summed E-state index contributed by atoms with van der Waals surface area (Å²) in [5, 5.41) is 0. The van der Waals surface area contributed by atoms with Crippen molar-refractivity contribution in [2.75, 3.05) is 6.61 Å². The molecular formula is C17H32O4. The van der Waals surface area contributed by atoms with Gasteiger partial charge in [-0.2, -0.15) is 0 Å². The van der Waals surface area contributed by atoms with Crippen LogP contribution >= 0.6 is 0 Å². The normalized spacial score (nSPS) is 12.0. The van der Waals surface area contributed by atoms with E-state index in [1.54, 1.807) is 0 Å². The second kappa shape index (κ2) is 13.9. The zero-order valence-corrected chi connectivity index (χ0v) is 14.0. The monoisotopic (exact) mass is 300 g/mol. The van der Waals surface area contributed by atoms with Gasteiger partial charge >= 0.3 is 11.9 Å². The third-order valence-electron chi connectivity index (χ3n) is 3.35. The summed E-state index contributed by atoms with van der Waals surface area (Å²) < 4.78 is 10.3. The van der Waals surface area contributed by atoms with Crippen molar-refractivity contribution < 1.29 is 19.1 Å². The molecule has 0 aromatic rings. The van der Waals surface area contributed by atoms with Crippen molar-refractivity contribution in [3.05, 3.63) is 0 Å². The standard InChI is InChI=1S/C17H32O4/c1-4-7-8-9-10-11-12-16(18)21-15(6-3)14-17(19)20-13-5-2/h15H,4-14H2,1-3H3. The van der Waals surface area contributed by atoms with Crippen LogP contribution in [-0.2, 0) is 19.1 Å². The third-order valence-corrected chi connectivity index (χ3v) is 3.35. The van der Waals surface area contributed by atoms with E-state index < -0.39 is 0 Å². The highest BCUT2D eigenvalue weighted by molar-refractivity contribution is 5.72. The van der Waals surface area contributed by atoms with Gasteiger partial charge in [-0.05, 0) is 19.3 Å². The molecule has 21 heavy (non-hydrogen) atoms. The van der Waals surface area contributed by atoms with Crippen LogP contribution in [0.5, 0.6) is 0 Å². The lowest BCUT2D eigenvalue weighted by atomic mass is 10.1. The number of unbranched alkanes of at least 4 members (excludes halogenated alkanes) is 5. The molecule has 0 aliphatic carbocycles. The first-order valence-electron chi connectivity index (χ1n) is 8.49. The molecule has 0 aromatic heterocycles. The van der Waals surface area contributed by atoms with Crippen LogP contribution in [0.15, 0.2) is 0 Å². The largest absolute Gasteiger partial charge is 0.466 e. The fourth-order valence-corrected chi connectivity index (χ4v) is 2.02. The van der Waals surface area contributed by atoms with Gasteiger partial charge in [-0.3, -0.25) is 9.59 Å². The number of carbonyl (C=O) groups is 2. The Morgan fingerprint density at radius 2 is 1.52 bits per heavy atom. The summed E-state index contributed by atoms with van der Waals surface area (Å²) in [5.41, 5.74) is 0. The van der Waals surface area contributed by atoms with Gasteiger partial charge in [0.05, 0.1) is 13.0 Å². The second-order valence-corrected chi connectivity index (χ2v) is 5.46. The molecule has 0 saturated carbocycles. The van der Waals surface area contributed by atoms with Gasteiger partial charge in [0.2, 0.25) is 0 Å². The van der Waals surface area contributed by atoms with Gasteiger partial charge in [0.1, 0.15) is 6.10 Å². The number of rotatable bonds is 13. The van der Waals surface area contributed by atoms with Gasteiger partial charge in [-0.15, -0.1) is 0 Å². The summed E-state index contributed by atoms with van der Waals surface area (Å²) in [7, 11) is 0. The second-order valence-electron chi connectivity index (χ2n) is 5.46. The minimum Gasteiger partial charge on any atom is -0.466 e. The van der Waals surface area contributed by atoms with Crippen LogP contribution in [0.3, 0.4) is 0 Å². The highest BCUT2D eigenvalue weighted by Crippen LogP contribution is 2.11. The molecule has 0 spiro atoms. The van der Waals surface area contributed by atoms with E-state index in [9.17, 15) is 9.59 Å². The lowest BCUT2D eigenvalue weighted by Gasteiger charge is -2.15. The molecule has 0 saturated heterocycles. The fourth-order valence-electron chi connectivity index (χ4n) is 2.02. The molecule has 0 amide bonds. The van der Waals surface area contributed by atoms with Crippen LogP contribution in [0.25, 0.3) is 0 Å². The van der Waals surface area contributed by atoms with Gasteiger partial charge in [0.25, 0.3) is 0 Å². The molecular weight excluding hydrogens is 268 g/mol. The molecule has 0 N–H and O–H groups in total. The maximum atomic E-state index is 11.7. The molecule has 0 heterocycles. The van der Waals surface area contributed by atoms with E-state index >= 15 is 0 Å². The van der Waals surface area contributed by atoms with E-state index in [0.29, 0.717) is 19.4 Å². The molecule has 0 aliphatic rings. The van der Waals surface area contributed by atoms with E-state index in [4.69, 9.17) is 9.47 Å². The Labute approximate surface area is 129 Å². The molecule has 4 nitrogen and oxygen atoms in total. The number of esters is 2. The number of hydrogen-bond donors (Lipinski definition) is 0. The highest BCUT2D eigenvalue weighted by atomic mass is 16.6. The van der Waals surface area contributed by atoms with Crippen LogP contribution in [0, 0.1) is 0 Å². The molecule has 124 valence electrons. The Bertz CT molecular complexity index is 276. The first-order chi connectivity index (χ1) is 10.1. The van der Waals surface area contributed by atoms with Crippen molar-refractivity contribution in [2.45, 2.75) is 91.1 Å². The summed E-state index contributed by atoms with van der Waals surface area (Å²) in [4.78, 5) is 23.2. The van der Waals surface area contributed by atoms with E-state index in [0.717, 1.165) is 19.3 Å². The smallest absolute Gasteiger partial charge is 0.309 e. The third kappa shape index (κ3) is 12.4. The van der Waals surface area contributed by atoms with E-state index in [2.05, 4.69) is 6.92 Å². The molecule has 0 fully saturated rings. The minimum absolute atomic E-state index is 0.165. The predicted molar refractivity (Wildman–Crippen MR) is 84.0 cm³/mol. The molecule has 0 bridgehead atoms. The maximum Gasteiger partial charge on any atom is 0.309 e. The van der Waals surface area contributed by atoms with Gasteiger partial charge in [0.15, 0.2) is 0 Å². The van der Waals surface area contributed by atoms with E-state index in [1.807, 2.05) is 13.8 Å². The Balaban J connectivity index is 3.75. The lowest BCUT2D eigenvalue weighted by molar-refractivity contribution is -0.155. The molecule has 0 aliphatic heterocycles. The van der Waals surface area contributed by atoms with Gasteiger partial charge in [-0.25, -0.2) is 0 Å². The zero-order valence-electron chi connectivity index (χ0n) is 14.0. The quantitative estimate of drug-likeness (QED) is 0.373. The molecule has 1 unspecified atom stereocenters. The van der Waals surface area contributed by atoms with Crippen molar-refractivity contribution in [3.63, 3.8) is 0 Å². The summed E-state index contributed by atoms with van der Waals surface area (Å²) >= 11 is 0. The zero-order chi connectivity index (χ0) is 15.9. The fraction of sp³-hybridized carbons (Fsp3) is 0.882. The molecule has 0 radical (unpaired) electrons. The lowest BCUT2D eigenvalue weighted by Crippen LogP contribution is -2.22. The Morgan fingerprint density at radius 3 is 2.14 bits per heavy atom. The van der Waals surface area contributed by atoms with Gasteiger partial charge in [-0.1, -0.05) is 52.9 Å². The maximum absolute atomic E-state index is 11.7. The van der Waals surface area contributed by atoms with E-state index in [-0.39, 0.29) is 24.5 Å². The topological polar surface area (TPSA) is 52.6 Å². The Morgan fingerprint density at radius 1 is 0.857 bits per heavy atom. The van der Waals surface area contributed by atoms with E-state index in [1.165, 1.54) is 25.7 Å². The molecule has 0 rings (SSSR count). The first-order valence-corrected chi connectivity index (χ1v) is 8.49. The van der Waals surface area contributed by atoms with Crippen molar-refractivity contribution in [3.8, 4) is 0 Å². The van der Waals surface area contributed by atoms with Crippen LogP contribution < -0.4 is 0 Å². The summed E-state index contributed by atoms with van der Waals surface area (Å²) in [6.07, 6.45) is 8.59. The van der Waals surface area contributed by atoms with Crippen molar-refractivity contribution in [2.24, 2.45) is 0 Å². The van der Waals surface area contributed by atoms with Crippen LogP contribution in [0.2, 0.25) is 0 Å². The summed E-state index contributed by atoms with van der Waals surface area (Å²) in [6, 6.07) is 0. The van der Waals surface area contributed by atoms with Crippen molar-refractivity contribution in [1.82, 2.24) is 0 Å². The Hall–Kier alpha value is -1.06. The van der Waals surface area contributed by atoms with Crippen molar-refractivity contribution >= 4 is 11.9 Å². The van der Waals surface area contributed by atoms with Gasteiger partial charge < -0.3 is 9.47 Å². The number of carbonyl (C=O) groups excluding carboxylic acids is 2. The first kappa shape index (κ1) is 19.9. The SMILES string of the molecule is CCCCCCCCC(=O)OC(CC)CC(=O)OCCC.